The van der Waals surface area contributed by atoms with Crippen LogP contribution in [-0.4, -0.2) is 42.1 Å². The number of ether oxygens (including phenoxy) is 1. The fourth-order valence-corrected chi connectivity index (χ4v) is 5.63. The summed E-state index contributed by atoms with van der Waals surface area (Å²) in [6.45, 7) is 5.41. The Bertz CT molecular complexity index is 851. The number of likely N-dealkylation sites (tertiary alicyclic amines) is 1. The molecular formula is C24H28N2O2. The summed E-state index contributed by atoms with van der Waals surface area (Å²) in [7, 11) is 0. The van der Waals surface area contributed by atoms with E-state index in [1.165, 1.54) is 23.1 Å². The summed E-state index contributed by atoms with van der Waals surface area (Å²) in [4.78, 5) is 13.9. The van der Waals surface area contributed by atoms with E-state index < -0.39 is 0 Å². The van der Waals surface area contributed by atoms with Crippen molar-refractivity contribution < 1.29 is 9.53 Å². The van der Waals surface area contributed by atoms with Gasteiger partial charge < -0.3 is 10.1 Å². The summed E-state index contributed by atoms with van der Waals surface area (Å²) in [5.41, 5.74) is 3.90. The first-order chi connectivity index (χ1) is 13.6. The average Bonchev–Trinajstić information content (AvgIpc) is 3.35. The lowest BCUT2D eigenvalue weighted by molar-refractivity contribution is -0.119. The van der Waals surface area contributed by atoms with E-state index in [-0.39, 0.29) is 11.5 Å². The molecule has 3 aliphatic heterocycles. The Morgan fingerprint density at radius 2 is 1.89 bits per heavy atom. The van der Waals surface area contributed by atoms with Gasteiger partial charge in [0.2, 0.25) is 5.91 Å². The molecule has 28 heavy (non-hydrogen) atoms. The van der Waals surface area contributed by atoms with Crippen molar-refractivity contribution in [3.63, 3.8) is 0 Å². The van der Waals surface area contributed by atoms with Gasteiger partial charge in [0, 0.05) is 44.9 Å². The van der Waals surface area contributed by atoms with Crippen molar-refractivity contribution in [1.82, 2.24) is 10.2 Å². The van der Waals surface area contributed by atoms with Gasteiger partial charge in [-0.3, -0.25) is 9.69 Å². The van der Waals surface area contributed by atoms with Crippen LogP contribution in [0.15, 0.2) is 54.6 Å². The first-order valence-electron chi connectivity index (χ1n) is 10.4. The molecule has 3 saturated heterocycles. The van der Waals surface area contributed by atoms with Gasteiger partial charge in [-0.1, -0.05) is 54.6 Å². The van der Waals surface area contributed by atoms with Gasteiger partial charge in [0.25, 0.3) is 0 Å². The monoisotopic (exact) mass is 376 g/mol. The molecule has 2 bridgehead atoms. The Kier molecular flexibility index (Phi) is 4.48. The molecule has 0 saturated carbocycles. The molecule has 5 rings (SSSR count). The molecule has 0 radical (unpaired) electrons. The second-order valence-corrected chi connectivity index (χ2v) is 8.70. The molecule has 0 aromatic heterocycles. The number of hydrogen-bond donors (Lipinski definition) is 1. The molecule has 0 unspecified atom stereocenters. The van der Waals surface area contributed by atoms with Gasteiger partial charge in [-0.2, -0.15) is 0 Å². The van der Waals surface area contributed by atoms with Crippen molar-refractivity contribution in [3.05, 3.63) is 60.2 Å². The summed E-state index contributed by atoms with van der Waals surface area (Å²) >= 11 is 0. The zero-order valence-electron chi connectivity index (χ0n) is 16.4. The molecule has 3 heterocycles. The highest BCUT2D eigenvalue weighted by atomic mass is 16.5. The minimum Gasteiger partial charge on any atom is -0.370 e. The van der Waals surface area contributed by atoms with Crippen LogP contribution in [-0.2, 0) is 16.1 Å². The summed E-state index contributed by atoms with van der Waals surface area (Å²) in [5, 5.41) is 3.03. The summed E-state index contributed by atoms with van der Waals surface area (Å²) in [5.74, 6) is 1.06. The van der Waals surface area contributed by atoms with Crippen LogP contribution in [0, 0.1) is 11.8 Å². The van der Waals surface area contributed by atoms with Gasteiger partial charge in [-0.15, -0.1) is 0 Å². The quantitative estimate of drug-likeness (QED) is 0.869. The topological polar surface area (TPSA) is 41.6 Å². The van der Waals surface area contributed by atoms with Gasteiger partial charge in [0.15, 0.2) is 0 Å². The first-order valence-corrected chi connectivity index (χ1v) is 10.4. The lowest BCUT2D eigenvalue weighted by atomic mass is 9.73. The largest absolute Gasteiger partial charge is 0.370 e. The third-order valence-corrected chi connectivity index (χ3v) is 6.91. The highest BCUT2D eigenvalue weighted by Crippen LogP contribution is 2.54. The maximum atomic E-state index is 11.4. The fraction of sp³-hybridized carbons (Fsp3) is 0.458. The van der Waals surface area contributed by atoms with Crippen molar-refractivity contribution >= 4 is 5.91 Å². The third kappa shape index (κ3) is 3.15. The minimum atomic E-state index is 0.0256. The van der Waals surface area contributed by atoms with Crippen LogP contribution in [0.5, 0.6) is 0 Å². The van der Waals surface area contributed by atoms with Crippen molar-refractivity contribution in [3.8, 4) is 11.1 Å². The molecule has 1 N–H and O–H groups in total. The molecule has 2 aromatic carbocycles. The standard InChI is InChI=1S/C24H28N2O2/c1-17(27)25-13-21-22-15-26(16-24(22)12-11-23(21)28-24)14-18-7-9-20(10-8-18)19-5-3-2-4-6-19/h2-10,21-23H,11-16H2,1H3,(H,25,27)/t21-,22+,23+,24+/m0/s1. The zero-order valence-corrected chi connectivity index (χ0v) is 16.4. The maximum Gasteiger partial charge on any atom is 0.216 e. The van der Waals surface area contributed by atoms with E-state index in [1.807, 2.05) is 0 Å². The number of nitrogens with zero attached hydrogens (tertiary/aromatic N) is 1. The Morgan fingerprint density at radius 1 is 1.14 bits per heavy atom. The summed E-state index contributed by atoms with van der Waals surface area (Å²) < 4.78 is 6.48. The van der Waals surface area contributed by atoms with E-state index >= 15 is 0 Å². The van der Waals surface area contributed by atoms with Crippen LogP contribution in [0.1, 0.15) is 25.3 Å². The van der Waals surface area contributed by atoms with Crippen LogP contribution in [0.3, 0.4) is 0 Å². The molecule has 3 fully saturated rings. The lowest BCUT2D eigenvalue weighted by Gasteiger charge is -2.29. The lowest BCUT2D eigenvalue weighted by Crippen LogP contribution is -2.41. The number of carbonyl (C=O) groups excluding carboxylic acids is 1. The second-order valence-electron chi connectivity index (χ2n) is 8.70. The predicted octanol–water partition coefficient (Wildman–Crippen LogP) is 3.47. The number of nitrogens with one attached hydrogen (secondary N) is 1. The van der Waals surface area contributed by atoms with Gasteiger partial charge in [-0.25, -0.2) is 0 Å². The van der Waals surface area contributed by atoms with Crippen molar-refractivity contribution in [2.45, 2.75) is 38.0 Å². The van der Waals surface area contributed by atoms with Crippen LogP contribution >= 0.6 is 0 Å². The van der Waals surface area contributed by atoms with E-state index in [0.29, 0.717) is 17.9 Å². The van der Waals surface area contributed by atoms with E-state index in [2.05, 4.69) is 64.8 Å². The van der Waals surface area contributed by atoms with E-state index in [1.54, 1.807) is 6.92 Å². The summed E-state index contributed by atoms with van der Waals surface area (Å²) in [6, 6.07) is 19.5. The fourth-order valence-electron chi connectivity index (χ4n) is 5.63. The zero-order chi connectivity index (χ0) is 19.1. The minimum absolute atomic E-state index is 0.0256. The van der Waals surface area contributed by atoms with Crippen LogP contribution < -0.4 is 5.32 Å². The van der Waals surface area contributed by atoms with Crippen molar-refractivity contribution in [1.29, 1.82) is 0 Å². The van der Waals surface area contributed by atoms with Crippen LogP contribution in [0.4, 0.5) is 0 Å². The Morgan fingerprint density at radius 3 is 2.64 bits per heavy atom. The maximum absolute atomic E-state index is 11.4. The van der Waals surface area contributed by atoms with E-state index in [4.69, 9.17) is 4.74 Å². The molecule has 146 valence electrons. The number of fused-ring (bicyclic) bond motifs is 1. The molecule has 2 aromatic rings. The molecule has 1 spiro atoms. The van der Waals surface area contributed by atoms with Gasteiger partial charge in [-0.05, 0) is 29.5 Å². The molecule has 1 amide bonds. The highest BCUT2D eigenvalue weighted by Gasteiger charge is 2.62. The molecular weight excluding hydrogens is 348 g/mol. The van der Waals surface area contributed by atoms with Crippen molar-refractivity contribution in [2.75, 3.05) is 19.6 Å². The van der Waals surface area contributed by atoms with Gasteiger partial charge in [0.05, 0.1) is 11.7 Å². The molecule has 4 nitrogen and oxygen atoms in total. The predicted molar refractivity (Wildman–Crippen MR) is 110 cm³/mol. The highest BCUT2D eigenvalue weighted by molar-refractivity contribution is 5.72. The molecule has 4 heteroatoms. The Labute approximate surface area is 166 Å². The molecule has 3 aliphatic rings. The third-order valence-electron chi connectivity index (χ3n) is 6.91. The van der Waals surface area contributed by atoms with Crippen LogP contribution in [0.2, 0.25) is 0 Å². The number of carbonyl (C=O) groups is 1. The first kappa shape index (κ1) is 17.9. The number of hydrogen-bond acceptors (Lipinski definition) is 3. The number of benzene rings is 2. The van der Waals surface area contributed by atoms with Crippen LogP contribution in [0.25, 0.3) is 11.1 Å². The van der Waals surface area contributed by atoms with E-state index in [0.717, 1.165) is 32.6 Å². The van der Waals surface area contributed by atoms with Gasteiger partial charge >= 0.3 is 0 Å². The Balaban J connectivity index is 1.26. The normalized spacial score (nSPS) is 31.1. The Hall–Kier alpha value is -2.17. The smallest absolute Gasteiger partial charge is 0.216 e. The molecule has 4 atom stereocenters. The molecule has 0 aliphatic carbocycles. The number of rotatable bonds is 5. The second kappa shape index (κ2) is 7.02. The van der Waals surface area contributed by atoms with Crippen molar-refractivity contribution in [2.24, 2.45) is 11.8 Å². The SMILES string of the molecule is CC(=O)NC[C@H]1[C@H]2CN(Cc3ccc(-c4ccccc4)cc3)C[C@]23CC[C@H]1O3. The number of amides is 1. The van der Waals surface area contributed by atoms with Gasteiger partial charge in [0.1, 0.15) is 0 Å². The average molecular weight is 377 g/mol. The van der Waals surface area contributed by atoms with E-state index in [9.17, 15) is 4.79 Å². The summed E-state index contributed by atoms with van der Waals surface area (Å²) in [6.07, 6.45) is 2.65.